The number of ketones is 1. The van der Waals surface area contributed by atoms with Crippen molar-refractivity contribution in [3.63, 3.8) is 0 Å². The van der Waals surface area contributed by atoms with Crippen molar-refractivity contribution < 1.29 is 9.22 Å². The Morgan fingerprint density at radius 3 is 2.41 bits per heavy atom. The Morgan fingerprint density at radius 1 is 1.03 bits per heavy atom. The summed E-state index contributed by atoms with van der Waals surface area (Å²) in [5.74, 6) is 3.49. The van der Waals surface area contributed by atoms with Gasteiger partial charge in [0.15, 0.2) is 0 Å². The van der Waals surface area contributed by atoms with Gasteiger partial charge in [0.05, 0.1) is 5.69 Å². The maximum atomic E-state index is 12.6. The monoisotopic (exact) mass is 429 g/mol. The van der Waals surface area contributed by atoms with E-state index in [-0.39, 0.29) is 5.41 Å². The van der Waals surface area contributed by atoms with Crippen LogP contribution in [-0.4, -0.2) is 22.3 Å². The highest BCUT2D eigenvalue weighted by Gasteiger charge is 2.54. The number of benzene rings is 1. The minimum absolute atomic E-state index is 0.0427. The van der Waals surface area contributed by atoms with Crippen LogP contribution in [0.1, 0.15) is 56.1 Å². The number of carbonyl (C=O) groups is 1. The summed E-state index contributed by atoms with van der Waals surface area (Å²) in [7, 11) is -3.19. The number of fused-ring (bicyclic) bond motifs is 5. The molecule has 29 heavy (non-hydrogen) atoms. The van der Waals surface area contributed by atoms with Crippen LogP contribution >= 0.6 is 0 Å². The summed E-state index contributed by atoms with van der Waals surface area (Å²) in [6.07, 6.45) is 6.50. The Labute approximate surface area is 179 Å². The number of hydrogen-bond acceptors (Lipinski definition) is 3. The molecule has 3 nitrogen and oxygen atoms in total. The number of Topliss-reactive ketones (excluding diaryl/α,β-unsaturated/α-hetero) is 1. The van der Waals surface area contributed by atoms with Crippen molar-refractivity contribution >= 4 is 28.0 Å². The highest BCUT2D eigenvalue weighted by Crippen LogP contribution is 2.60. The summed E-state index contributed by atoms with van der Waals surface area (Å²) in [5.41, 5.74) is 4.31. The van der Waals surface area contributed by atoms with Gasteiger partial charge < -0.3 is 9.41 Å². The van der Waals surface area contributed by atoms with Crippen molar-refractivity contribution in [3.8, 4) is 5.75 Å². The zero-order valence-corrected chi connectivity index (χ0v) is 21.4. The van der Waals surface area contributed by atoms with Crippen LogP contribution in [0.2, 0.25) is 39.3 Å². The van der Waals surface area contributed by atoms with Crippen molar-refractivity contribution in [2.24, 2.45) is 17.3 Å². The van der Waals surface area contributed by atoms with Gasteiger partial charge in [-0.15, -0.1) is 0 Å². The first-order chi connectivity index (χ1) is 13.4. The molecule has 0 amide bonds. The Morgan fingerprint density at radius 2 is 1.76 bits per heavy atom. The highest BCUT2D eigenvalue weighted by atomic mass is 28.4. The first kappa shape index (κ1) is 21.2. The molecule has 2 fully saturated rings. The molecule has 2 saturated carbocycles. The second-order valence-corrected chi connectivity index (χ2v) is 21.1. The van der Waals surface area contributed by atoms with E-state index in [9.17, 15) is 4.79 Å². The molecule has 3 aliphatic carbocycles. The van der Waals surface area contributed by atoms with E-state index >= 15 is 0 Å². The van der Waals surface area contributed by atoms with Crippen molar-refractivity contribution in [2.45, 2.75) is 90.6 Å². The maximum absolute atomic E-state index is 12.6. The number of rotatable bonds is 4. The van der Waals surface area contributed by atoms with Gasteiger partial charge in [0.2, 0.25) is 8.32 Å². The van der Waals surface area contributed by atoms with Gasteiger partial charge in [0, 0.05) is 11.8 Å². The highest BCUT2D eigenvalue weighted by molar-refractivity contribution is 6.79. The lowest BCUT2D eigenvalue weighted by molar-refractivity contribution is -0.129. The Bertz CT molecular complexity index is 823. The topological polar surface area (TPSA) is 38.3 Å². The molecule has 0 bridgehead atoms. The van der Waals surface area contributed by atoms with E-state index in [0.29, 0.717) is 23.5 Å². The summed E-state index contributed by atoms with van der Waals surface area (Å²) < 4.78 is 6.53. The molecular weight excluding hydrogens is 390 g/mol. The largest absolute Gasteiger partial charge is 0.543 e. The smallest absolute Gasteiger partial charge is 0.242 e. The van der Waals surface area contributed by atoms with Crippen LogP contribution in [0.4, 0.5) is 5.69 Å². The van der Waals surface area contributed by atoms with Crippen molar-refractivity contribution in [2.75, 3.05) is 4.98 Å². The molecule has 4 atom stereocenters. The molecule has 1 N–H and O–H groups in total. The van der Waals surface area contributed by atoms with Gasteiger partial charge in [-0.05, 0) is 86.7 Å². The van der Waals surface area contributed by atoms with Gasteiger partial charge in [-0.1, -0.05) is 32.6 Å². The quantitative estimate of drug-likeness (QED) is 0.550. The van der Waals surface area contributed by atoms with Crippen LogP contribution in [0, 0.1) is 17.3 Å². The van der Waals surface area contributed by atoms with Crippen LogP contribution in [0.25, 0.3) is 0 Å². The third kappa shape index (κ3) is 3.85. The van der Waals surface area contributed by atoms with Gasteiger partial charge >= 0.3 is 0 Å². The molecule has 0 aliphatic heterocycles. The second-order valence-electron chi connectivity index (χ2n) is 11.9. The average Bonchev–Trinajstić information content (AvgIpc) is 2.89. The van der Waals surface area contributed by atoms with E-state index in [1.807, 2.05) is 0 Å². The van der Waals surface area contributed by atoms with Gasteiger partial charge in [0.1, 0.15) is 19.8 Å². The zero-order chi connectivity index (χ0) is 21.2. The fraction of sp³-hybridized carbons (Fsp3) is 0.708. The summed E-state index contributed by atoms with van der Waals surface area (Å²) in [6.45, 7) is 16.2. The van der Waals surface area contributed by atoms with E-state index < -0.39 is 16.6 Å². The number of nitrogens with one attached hydrogen (secondary N) is 1. The van der Waals surface area contributed by atoms with Gasteiger partial charge in [0.25, 0.3) is 0 Å². The van der Waals surface area contributed by atoms with Gasteiger partial charge in [-0.3, -0.25) is 4.79 Å². The number of anilines is 1. The first-order valence-electron chi connectivity index (χ1n) is 11.6. The summed E-state index contributed by atoms with van der Waals surface area (Å²) in [4.78, 5) is 16.6. The molecule has 0 saturated heterocycles. The van der Waals surface area contributed by atoms with E-state index in [0.717, 1.165) is 37.9 Å². The molecule has 160 valence electrons. The molecular formula is C24H39NO2Si2. The molecule has 3 aliphatic rings. The van der Waals surface area contributed by atoms with Crippen LogP contribution < -0.4 is 9.41 Å². The lowest BCUT2D eigenvalue weighted by Crippen LogP contribution is -2.43. The first-order valence-corrected chi connectivity index (χ1v) is 18.5. The summed E-state index contributed by atoms with van der Waals surface area (Å²) in [6, 6.07) is 4.62. The normalized spacial score (nSPS) is 31.7. The SMILES string of the molecule is C[C@]12CC[C@@H]3c4ccc(O[Si](C)(C)C)c(N[Si](C)(C)C)c4CC[C@H]3[C@@H]1CCC2=O. The average molecular weight is 430 g/mol. The van der Waals surface area contributed by atoms with Gasteiger partial charge in [-0.2, -0.15) is 0 Å². The van der Waals surface area contributed by atoms with E-state index in [4.69, 9.17) is 4.43 Å². The molecule has 0 unspecified atom stereocenters. The fourth-order valence-corrected chi connectivity index (χ4v) is 8.20. The third-order valence-electron chi connectivity index (χ3n) is 7.50. The van der Waals surface area contributed by atoms with Gasteiger partial charge in [-0.25, -0.2) is 0 Å². The third-order valence-corrected chi connectivity index (χ3v) is 9.33. The van der Waals surface area contributed by atoms with Crippen LogP contribution in [-0.2, 0) is 11.2 Å². The van der Waals surface area contributed by atoms with Crippen molar-refractivity contribution in [1.29, 1.82) is 0 Å². The van der Waals surface area contributed by atoms with Crippen LogP contribution in [0.15, 0.2) is 12.1 Å². The number of hydrogen-bond donors (Lipinski definition) is 1. The summed E-state index contributed by atoms with van der Waals surface area (Å²) in [5, 5.41) is 0. The molecule has 4 rings (SSSR count). The number of carbonyl (C=O) groups excluding carboxylic acids is 1. The molecule has 1 aromatic carbocycles. The van der Waals surface area contributed by atoms with E-state index in [1.54, 1.807) is 5.56 Å². The van der Waals surface area contributed by atoms with E-state index in [2.05, 4.69) is 63.3 Å². The predicted molar refractivity (Wildman–Crippen MR) is 127 cm³/mol. The lowest BCUT2D eigenvalue weighted by atomic mass is 9.55. The molecule has 0 aromatic heterocycles. The lowest BCUT2D eigenvalue weighted by Gasteiger charge is -2.48. The Balaban J connectivity index is 1.74. The Hall–Kier alpha value is -1.08. The minimum Gasteiger partial charge on any atom is -0.543 e. The molecule has 1 aromatic rings. The molecule has 0 heterocycles. The van der Waals surface area contributed by atoms with Crippen molar-refractivity contribution in [3.05, 3.63) is 23.3 Å². The van der Waals surface area contributed by atoms with Crippen molar-refractivity contribution in [1.82, 2.24) is 0 Å². The molecule has 0 radical (unpaired) electrons. The molecule has 0 spiro atoms. The fourth-order valence-electron chi connectivity index (χ4n) is 6.34. The van der Waals surface area contributed by atoms with Crippen LogP contribution in [0.5, 0.6) is 5.75 Å². The Kier molecular flexibility index (Phi) is 5.09. The summed E-state index contributed by atoms with van der Waals surface area (Å²) >= 11 is 0. The maximum Gasteiger partial charge on any atom is 0.242 e. The van der Waals surface area contributed by atoms with E-state index in [1.165, 1.54) is 17.7 Å². The minimum atomic E-state index is -1.68. The predicted octanol–water partition coefficient (Wildman–Crippen LogP) is 6.57. The second kappa shape index (κ2) is 6.98. The standard InChI is InChI=1S/C24H39NO2Si2/c1-24-15-14-17-16-10-12-21(27-29(5,6)7)23(25-28(2,3)4)19(16)9-8-18(17)20(24)11-13-22(24)26/h10,12,17-18,20,25H,8-9,11,13-15H2,1-7H3/t17-,18-,20+,24+/m1/s1. The molecule has 5 heteroatoms. The van der Waals surface area contributed by atoms with Crippen LogP contribution in [0.3, 0.4) is 0 Å². The zero-order valence-electron chi connectivity index (χ0n) is 19.4.